The number of aliphatic hydroxyl groups excluding tert-OH is 1. The number of nitrogens with zero attached hydrogens (tertiary/aromatic N) is 2. The van der Waals surface area contributed by atoms with Gasteiger partial charge >= 0.3 is 0 Å². The predicted octanol–water partition coefficient (Wildman–Crippen LogP) is 2.11. The van der Waals surface area contributed by atoms with E-state index >= 15 is 0 Å². The Morgan fingerprint density at radius 2 is 2.05 bits per heavy atom. The number of anilines is 1. The summed E-state index contributed by atoms with van der Waals surface area (Å²) in [5.74, 6) is 0.146. The van der Waals surface area contributed by atoms with Gasteiger partial charge in [0.1, 0.15) is 5.00 Å². The summed E-state index contributed by atoms with van der Waals surface area (Å²) in [6.07, 6.45) is 0.335. The van der Waals surface area contributed by atoms with Crippen molar-refractivity contribution in [2.24, 2.45) is 4.99 Å². The molecule has 0 amide bonds. The second-order valence-corrected chi connectivity index (χ2v) is 6.39. The molecule has 1 fully saturated rings. The maximum absolute atomic E-state index is 12.6. The van der Waals surface area contributed by atoms with E-state index in [-0.39, 0.29) is 12.4 Å². The summed E-state index contributed by atoms with van der Waals surface area (Å²) >= 11 is 1.40. The minimum absolute atomic E-state index is 0.0117. The van der Waals surface area contributed by atoms with Crippen molar-refractivity contribution in [3.05, 3.63) is 46.8 Å². The molecule has 0 bridgehead atoms. The van der Waals surface area contributed by atoms with Gasteiger partial charge in [0.2, 0.25) is 5.78 Å². The van der Waals surface area contributed by atoms with Gasteiger partial charge in [-0.15, -0.1) is 11.3 Å². The summed E-state index contributed by atoms with van der Waals surface area (Å²) in [6, 6.07) is 9.12. The molecule has 1 saturated heterocycles. The lowest BCUT2D eigenvalue weighted by atomic mass is 9.90. The molecular formula is C16H14N2O3S. The van der Waals surface area contributed by atoms with E-state index in [1.807, 2.05) is 34.5 Å². The van der Waals surface area contributed by atoms with E-state index in [0.29, 0.717) is 29.4 Å². The molecule has 0 aliphatic carbocycles. The van der Waals surface area contributed by atoms with Crippen molar-refractivity contribution in [3.63, 3.8) is 0 Å². The SMILES string of the molecule is O=C1c2ccsc2N=C2N(c3ccc(CO)cc3)CCC12O. The molecule has 1 aromatic carbocycles. The normalized spacial score (nSPS) is 23.3. The molecule has 4 rings (SSSR count). The van der Waals surface area contributed by atoms with Gasteiger partial charge in [-0.25, -0.2) is 4.99 Å². The highest BCUT2D eigenvalue weighted by Crippen LogP contribution is 2.41. The predicted molar refractivity (Wildman–Crippen MR) is 85.0 cm³/mol. The van der Waals surface area contributed by atoms with E-state index in [4.69, 9.17) is 5.11 Å². The number of hydrogen-bond acceptors (Lipinski definition) is 6. The monoisotopic (exact) mass is 314 g/mol. The second-order valence-electron chi connectivity index (χ2n) is 5.49. The van der Waals surface area contributed by atoms with Gasteiger partial charge in [-0.05, 0) is 29.1 Å². The van der Waals surface area contributed by atoms with E-state index < -0.39 is 5.60 Å². The number of rotatable bonds is 2. The highest BCUT2D eigenvalue weighted by atomic mass is 32.1. The Morgan fingerprint density at radius 3 is 2.77 bits per heavy atom. The van der Waals surface area contributed by atoms with Crippen LogP contribution in [-0.2, 0) is 6.61 Å². The van der Waals surface area contributed by atoms with Crippen molar-refractivity contribution < 1.29 is 15.0 Å². The van der Waals surface area contributed by atoms with Crippen LogP contribution >= 0.6 is 11.3 Å². The fourth-order valence-electron chi connectivity index (χ4n) is 2.99. The van der Waals surface area contributed by atoms with E-state index in [1.54, 1.807) is 6.07 Å². The van der Waals surface area contributed by atoms with Crippen molar-refractivity contribution in [1.82, 2.24) is 0 Å². The number of fused-ring (bicyclic) bond motifs is 2. The molecule has 1 unspecified atom stereocenters. The molecule has 2 aliphatic heterocycles. The average molecular weight is 314 g/mol. The molecule has 6 heteroatoms. The number of thiophene rings is 1. The summed E-state index contributed by atoms with van der Waals surface area (Å²) < 4.78 is 0. The van der Waals surface area contributed by atoms with Crippen molar-refractivity contribution in [3.8, 4) is 0 Å². The smallest absolute Gasteiger partial charge is 0.205 e. The lowest BCUT2D eigenvalue weighted by molar-refractivity contribution is 0.0603. The Balaban J connectivity index is 1.79. The van der Waals surface area contributed by atoms with Gasteiger partial charge in [0, 0.05) is 18.7 Å². The Kier molecular flexibility index (Phi) is 2.94. The first-order chi connectivity index (χ1) is 10.6. The zero-order valence-electron chi connectivity index (χ0n) is 11.7. The average Bonchev–Trinajstić information content (AvgIpc) is 3.14. The second kappa shape index (κ2) is 4.74. The quantitative estimate of drug-likeness (QED) is 0.890. The maximum atomic E-state index is 12.6. The van der Waals surface area contributed by atoms with E-state index in [2.05, 4.69) is 4.99 Å². The number of ketones is 1. The van der Waals surface area contributed by atoms with Gasteiger partial charge in [-0.2, -0.15) is 0 Å². The van der Waals surface area contributed by atoms with Crippen LogP contribution in [0.15, 0.2) is 40.7 Å². The summed E-state index contributed by atoms with van der Waals surface area (Å²) in [6.45, 7) is 0.524. The highest BCUT2D eigenvalue weighted by Gasteiger charge is 2.52. The molecule has 2 aliphatic rings. The molecule has 1 aromatic heterocycles. The van der Waals surface area contributed by atoms with E-state index in [9.17, 15) is 9.90 Å². The van der Waals surface area contributed by atoms with Crippen LogP contribution in [0.25, 0.3) is 0 Å². The first-order valence-electron chi connectivity index (χ1n) is 7.04. The largest absolute Gasteiger partial charge is 0.392 e. The lowest BCUT2D eigenvalue weighted by Gasteiger charge is -2.28. The molecule has 0 saturated carbocycles. The van der Waals surface area contributed by atoms with Crippen molar-refractivity contribution in [1.29, 1.82) is 0 Å². The number of carbonyl (C=O) groups excluding carboxylic acids is 1. The molecule has 5 nitrogen and oxygen atoms in total. The molecular weight excluding hydrogens is 300 g/mol. The molecule has 0 spiro atoms. The fourth-order valence-corrected chi connectivity index (χ4v) is 3.75. The van der Waals surface area contributed by atoms with Crippen LogP contribution in [0.1, 0.15) is 22.3 Å². The third kappa shape index (κ3) is 1.78. The van der Waals surface area contributed by atoms with Crippen LogP contribution < -0.4 is 4.90 Å². The Morgan fingerprint density at radius 1 is 1.27 bits per heavy atom. The summed E-state index contributed by atoms with van der Waals surface area (Å²) in [5.41, 5.74) is 0.665. The van der Waals surface area contributed by atoms with Gasteiger partial charge in [0.05, 0.1) is 12.2 Å². The zero-order valence-corrected chi connectivity index (χ0v) is 12.5. The van der Waals surface area contributed by atoms with E-state index in [0.717, 1.165) is 11.3 Å². The van der Waals surface area contributed by atoms with E-state index in [1.165, 1.54) is 11.3 Å². The molecule has 22 heavy (non-hydrogen) atoms. The Bertz CT molecular complexity index is 781. The topological polar surface area (TPSA) is 73.1 Å². The van der Waals surface area contributed by atoms with Gasteiger partial charge in [-0.1, -0.05) is 12.1 Å². The number of amidine groups is 1. The van der Waals surface area contributed by atoms with Crippen molar-refractivity contribution in [2.75, 3.05) is 11.4 Å². The van der Waals surface area contributed by atoms with Crippen LogP contribution in [0.3, 0.4) is 0 Å². The fraction of sp³-hybridized carbons (Fsp3) is 0.250. The number of hydrogen-bond donors (Lipinski definition) is 2. The van der Waals surface area contributed by atoms with Crippen LogP contribution in [0, 0.1) is 0 Å². The maximum Gasteiger partial charge on any atom is 0.205 e. The minimum Gasteiger partial charge on any atom is -0.392 e. The molecule has 2 aromatic rings. The molecule has 0 radical (unpaired) electrons. The molecule has 3 heterocycles. The standard InChI is InChI=1S/C16H14N2O3S/c19-9-10-1-3-11(4-2-10)18-7-6-16(21)13(20)12-5-8-22-14(12)17-15(16)18/h1-5,8,19,21H,6-7,9H2. The summed E-state index contributed by atoms with van der Waals surface area (Å²) in [7, 11) is 0. The lowest BCUT2D eigenvalue weighted by Crippen LogP contribution is -2.48. The highest BCUT2D eigenvalue weighted by molar-refractivity contribution is 7.14. The number of Topliss-reactive ketones (excluding diaryl/α,β-unsaturated/α-hetero) is 1. The van der Waals surface area contributed by atoms with Gasteiger partial charge in [-0.3, -0.25) is 4.79 Å². The third-order valence-corrected chi connectivity index (χ3v) is 5.03. The summed E-state index contributed by atoms with van der Waals surface area (Å²) in [5, 5.41) is 22.4. The first kappa shape index (κ1) is 13.6. The Labute approximate surface area is 131 Å². The minimum atomic E-state index is -1.52. The third-order valence-electron chi connectivity index (χ3n) is 4.23. The van der Waals surface area contributed by atoms with Crippen LogP contribution in [0.4, 0.5) is 10.7 Å². The van der Waals surface area contributed by atoms with Crippen LogP contribution in [0.5, 0.6) is 0 Å². The van der Waals surface area contributed by atoms with Crippen LogP contribution in [-0.4, -0.2) is 34.0 Å². The first-order valence-corrected chi connectivity index (χ1v) is 7.92. The van der Waals surface area contributed by atoms with Gasteiger partial charge in [0.25, 0.3) is 0 Å². The molecule has 2 N–H and O–H groups in total. The van der Waals surface area contributed by atoms with Crippen molar-refractivity contribution in [2.45, 2.75) is 18.6 Å². The molecule has 1 atom stereocenters. The van der Waals surface area contributed by atoms with Crippen molar-refractivity contribution >= 4 is 33.6 Å². The number of benzene rings is 1. The van der Waals surface area contributed by atoms with Gasteiger partial charge < -0.3 is 15.1 Å². The zero-order chi connectivity index (χ0) is 15.3. The Hall–Kier alpha value is -2.02. The van der Waals surface area contributed by atoms with Gasteiger partial charge in [0.15, 0.2) is 11.4 Å². The number of aliphatic hydroxyl groups is 2. The summed E-state index contributed by atoms with van der Waals surface area (Å²) in [4.78, 5) is 19.0. The number of aliphatic imine (C=N–C) groups is 1. The van der Waals surface area contributed by atoms with Crippen LogP contribution in [0.2, 0.25) is 0 Å². The number of carbonyl (C=O) groups is 1. The molecule has 112 valence electrons.